The molecule has 2 aromatic rings. The van der Waals surface area contributed by atoms with E-state index in [4.69, 9.17) is 0 Å². The van der Waals surface area contributed by atoms with Crippen LogP contribution in [0.4, 0.5) is 0 Å². The fourth-order valence-corrected chi connectivity index (χ4v) is 4.52. The molecule has 0 aliphatic carbocycles. The van der Waals surface area contributed by atoms with Crippen molar-refractivity contribution in [3.63, 3.8) is 0 Å². The molecule has 0 bridgehead atoms. The van der Waals surface area contributed by atoms with E-state index in [1.807, 2.05) is 0 Å². The monoisotopic (exact) mass is 242 g/mol. The average molecular weight is 242 g/mol. The molecule has 0 unspecified atom stereocenters. The van der Waals surface area contributed by atoms with Gasteiger partial charge in [0.05, 0.1) is 17.6 Å². The van der Waals surface area contributed by atoms with Gasteiger partial charge in [-0.15, -0.1) is 0 Å². The molecule has 2 radical (unpaired) electrons. The fourth-order valence-electron chi connectivity index (χ4n) is 2.17. The Morgan fingerprint density at radius 1 is 0.625 bits per heavy atom. The Morgan fingerprint density at radius 3 is 1.31 bits per heavy atom. The fraction of sp³-hybridized carbons (Fsp3) is 0.286. The minimum absolute atomic E-state index is 0.368. The Hall–Kier alpha value is -0.866. The van der Waals surface area contributed by atoms with Gasteiger partial charge in [-0.1, -0.05) is 73.0 Å². The molecular weight excluding hydrogens is 224 g/mol. The molecule has 0 nitrogen and oxygen atoms in total. The third-order valence-electron chi connectivity index (χ3n) is 3.00. The number of benzene rings is 2. The molecule has 0 aliphatic rings. The molecule has 0 aromatic heterocycles. The van der Waals surface area contributed by atoms with Crippen molar-refractivity contribution in [3.05, 3.63) is 36.4 Å². The van der Waals surface area contributed by atoms with Gasteiger partial charge in [-0.05, 0) is 10.8 Å². The minimum Gasteiger partial charge on any atom is -0.0671 e. The van der Waals surface area contributed by atoms with Gasteiger partial charge in [0.15, 0.2) is 0 Å². The lowest BCUT2D eigenvalue weighted by Crippen LogP contribution is -2.30. The Balaban J connectivity index is 2.77. The van der Waals surface area contributed by atoms with Crippen molar-refractivity contribution in [2.75, 3.05) is 0 Å². The van der Waals surface area contributed by atoms with Crippen molar-refractivity contribution < 1.29 is 0 Å². The first-order valence-corrected chi connectivity index (χ1v) is 10.7. The van der Waals surface area contributed by atoms with Gasteiger partial charge in [-0.25, -0.2) is 0 Å². The number of rotatable bonds is 2. The summed E-state index contributed by atoms with van der Waals surface area (Å²) >= 11 is 0. The Kier molecular flexibility index (Phi) is 3.31. The Bertz CT molecular complexity index is 455. The number of hydrogen-bond acceptors (Lipinski definition) is 0. The standard InChI is InChI=1S/C14H18Si2/c1-15(2)13-9-10-14(16(3)4)12-8-6-5-7-11(12)13/h5-10H,1-4H3. The van der Waals surface area contributed by atoms with Crippen LogP contribution < -0.4 is 10.4 Å². The van der Waals surface area contributed by atoms with Gasteiger partial charge in [-0.2, -0.15) is 0 Å². The van der Waals surface area contributed by atoms with Gasteiger partial charge in [0, 0.05) is 0 Å². The van der Waals surface area contributed by atoms with E-state index in [1.165, 1.54) is 10.8 Å². The predicted molar refractivity (Wildman–Crippen MR) is 78.2 cm³/mol. The molecule has 0 fully saturated rings. The quantitative estimate of drug-likeness (QED) is 0.711. The molecule has 0 amide bonds. The Labute approximate surface area is 102 Å². The third-order valence-corrected chi connectivity index (χ3v) is 6.03. The molecule has 2 rings (SSSR count). The van der Waals surface area contributed by atoms with E-state index in [1.54, 1.807) is 10.4 Å². The molecule has 0 saturated heterocycles. The summed E-state index contributed by atoms with van der Waals surface area (Å²) in [4.78, 5) is 0. The van der Waals surface area contributed by atoms with E-state index >= 15 is 0 Å². The zero-order valence-electron chi connectivity index (χ0n) is 10.5. The predicted octanol–water partition coefficient (Wildman–Crippen LogP) is 2.76. The van der Waals surface area contributed by atoms with E-state index < -0.39 is 0 Å². The zero-order valence-corrected chi connectivity index (χ0v) is 12.5. The van der Waals surface area contributed by atoms with E-state index in [0.717, 1.165) is 0 Å². The normalized spacial score (nSPS) is 11.6. The van der Waals surface area contributed by atoms with Crippen LogP contribution in [0.25, 0.3) is 10.8 Å². The molecule has 16 heavy (non-hydrogen) atoms. The summed E-state index contributed by atoms with van der Waals surface area (Å²) in [5.74, 6) is 0. The van der Waals surface area contributed by atoms with Crippen LogP contribution in [0.2, 0.25) is 26.2 Å². The molecule has 2 heteroatoms. The molecule has 82 valence electrons. The van der Waals surface area contributed by atoms with Crippen molar-refractivity contribution in [2.24, 2.45) is 0 Å². The van der Waals surface area contributed by atoms with Gasteiger partial charge in [0.1, 0.15) is 0 Å². The van der Waals surface area contributed by atoms with Gasteiger partial charge in [0.2, 0.25) is 0 Å². The first-order valence-electron chi connectivity index (χ1n) is 5.74. The summed E-state index contributed by atoms with van der Waals surface area (Å²) < 4.78 is 0. The van der Waals surface area contributed by atoms with Crippen LogP contribution in [-0.4, -0.2) is 17.6 Å². The lowest BCUT2D eigenvalue weighted by Gasteiger charge is -2.14. The van der Waals surface area contributed by atoms with Gasteiger partial charge < -0.3 is 0 Å². The van der Waals surface area contributed by atoms with Crippen LogP contribution in [0.5, 0.6) is 0 Å². The van der Waals surface area contributed by atoms with E-state index in [2.05, 4.69) is 62.6 Å². The SMILES string of the molecule is C[Si](C)c1ccc([Si](C)C)c2ccccc12. The van der Waals surface area contributed by atoms with Crippen LogP contribution in [0.3, 0.4) is 0 Å². The molecule has 0 spiro atoms. The molecule has 2 aromatic carbocycles. The maximum atomic E-state index is 2.37. The highest BCUT2D eigenvalue weighted by atomic mass is 28.3. The Morgan fingerprint density at radius 2 is 1.00 bits per heavy atom. The molecule has 0 N–H and O–H groups in total. The second-order valence-corrected chi connectivity index (χ2v) is 9.78. The van der Waals surface area contributed by atoms with Crippen molar-refractivity contribution in [3.8, 4) is 0 Å². The smallest absolute Gasteiger partial charge is 0.0671 e. The topological polar surface area (TPSA) is 0 Å². The van der Waals surface area contributed by atoms with Crippen LogP contribution in [0.15, 0.2) is 36.4 Å². The molecule has 0 aliphatic heterocycles. The third kappa shape index (κ3) is 1.99. The zero-order chi connectivity index (χ0) is 11.7. The van der Waals surface area contributed by atoms with Gasteiger partial charge in [-0.3, -0.25) is 0 Å². The van der Waals surface area contributed by atoms with Crippen LogP contribution in [0.1, 0.15) is 0 Å². The van der Waals surface area contributed by atoms with Crippen LogP contribution in [-0.2, 0) is 0 Å². The van der Waals surface area contributed by atoms with E-state index in [-0.39, 0.29) is 17.6 Å². The van der Waals surface area contributed by atoms with E-state index in [9.17, 15) is 0 Å². The highest BCUT2D eigenvalue weighted by molar-refractivity contribution is 6.76. The highest BCUT2D eigenvalue weighted by Crippen LogP contribution is 2.11. The molecular formula is C14H18Si2. The van der Waals surface area contributed by atoms with Crippen molar-refractivity contribution >= 4 is 38.7 Å². The summed E-state index contributed by atoms with van der Waals surface area (Å²) in [7, 11) is -0.735. The second kappa shape index (κ2) is 4.56. The molecule has 0 saturated carbocycles. The van der Waals surface area contributed by atoms with Gasteiger partial charge in [0.25, 0.3) is 0 Å². The molecule has 0 heterocycles. The summed E-state index contributed by atoms with van der Waals surface area (Å²) in [6.07, 6.45) is 0. The first kappa shape index (κ1) is 11.6. The van der Waals surface area contributed by atoms with Crippen molar-refractivity contribution in [1.29, 1.82) is 0 Å². The average Bonchev–Trinajstić information content (AvgIpc) is 2.27. The number of hydrogen-bond donors (Lipinski definition) is 0. The summed E-state index contributed by atoms with van der Waals surface area (Å²) in [5, 5.41) is 6.13. The van der Waals surface area contributed by atoms with Gasteiger partial charge >= 0.3 is 0 Å². The first-order chi connectivity index (χ1) is 7.61. The maximum Gasteiger partial charge on any atom is 0.0799 e. The van der Waals surface area contributed by atoms with Crippen LogP contribution >= 0.6 is 0 Å². The summed E-state index contributed by atoms with van der Waals surface area (Å²) in [6.45, 7) is 9.48. The lowest BCUT2D eigenvalue weighted by atomic mass is 10.1. The number of fused-ring (bicyclic) bond motifs is 1. The summed E-state index contributed by atoms with van der Waals surface area (Å²) in [6, 6.07) is 13.6. The summed E-state index contributed by atoms with van der Waals surface area (Å²) in [5.41, 5.74) is 0. The minimum atomic E-state index is -0.368. The van der Waals surface area contributed by atoms with Crippen molar-refractivity contribution in [1.82, 2.24) is 0 Å². The lowest BCUT2D eigenvalue weighted by molar-refractivity contribution is 1.78. The largest absolute Gasteiger partial charge is 0.0799 e. The van der Waals surface area contributed by atoms with Crippen molar-refractivity contribution in [2.45, 2.75) is 26.2 Å². The van der Waals surface area contributed by atoms with Crippen LogP contribution in [0, 0.1) is 0 Å². The second-order valence-electron chi connectivity index (χ2n) is 4.71. The van der Waals surface area contributed by atoms with E-state index in [0.29, 0.717) is 0 Å². The molecule has 0 atom stereocenters. The maximum absolute atomic E-state index is 2.37. The highest BCUT2D eigenvalue weighted by Gasteiger charge is 2.11.